The molecule has 0 bridgehead atoms. The lowest BCUT2D eigenvalue weighted by molar-refractivity contribution is 0.470. The second-order valence-electron chi connectivity index (χ2n) is 4.04. The van der Waals surface area contributed by atoms with Crippen LogP contribution < -0.4 is 0 Å². The molecule has 2 nitrogen and oxygen atoms in total. The third kappa shape index (κ3) is 3.45. The predicted octanol–water partition coefficient (Wildman–Crippen LogP) is 4.85. The van der Waals surface area contributed by atoms with Gasteiger partial charge in [-0.15, -0.1) is 0 Å². The van der Waals surface area contributed by atoms with Gasteiger partial charge in [0.25, 0.3) is 0 Å². The van der Waals surface area contributed by atoms with E-state index in [4.69, 9.17) is 11.6 Å². The Labute approximate surface area is 129 Å². The molecule has 0 heterocycles. The molecule has 5 heteroatoms. The van der Waals surface area contributed by atoms with Crippen LogP contribution in [0.4, 0.5) is 10.1 Å². The van der Waals surface area contributed by atoms with E-state index in [1.54, 1.807) is 0 Å². The van der Waals surface area contributed by atoms with Gasteiger partial charge in [-0.05, 0) is 65.4 Å². The van der Waals surface area contributed by atoms with Crippen molar-refractivity contribution in [3.63, 3.8) is 0 Å². The molecule has 0 aromatic heterocycles. The first-order valence-corrected chi connectivity index (χ1v) is 6.91. The van der Waals surface area contributed by atoms with E-state index in [0.717, 1.165) is 9.13 Å². The number of hydrogen-bond donors (Lipinski definition) is 1. The van der Waals surface area contributed by atoms with E-state index in [1.165, 1.54) is 24.4 Å². The molecule has 0 spiro atoms. The number of aromatic hydroxyl groups is 1. The summed E-state index contributed by atoms with van der Waals surface area (Å²) in [5, 5.41) is 9.94. The van der Waals surface area contributed by atoms with Crippen molar-refractivity contribution in [2.45, 2.75) is 6.92 Å². The molecule has 0 aliphatic carbocycles. The number of halogens is 3. The lowest BCUT2D eigenvalue weighted by Crippen LogP contribution is -1.87. The largest absolute Gasteiger partial charge is 0.506 e. The zero-order chi connectivity index (χ0) is 14.0. The Morgan fingerprint density at radius 2 is 2.05 bits per heavy atom. The van der Waals surface area contributed by atoms with E-state index in [2.05, 4.69) is 27.6 Å². The van der Waals surface area contributed by atoms with Crippen LogP contribution in [0.3, 0.4) is 0 Å². The molecule has 0 amide bonds. The van der Waals surface area contributed by atoms with Gasteiger partial charge in [0.2, 0.25) is 0 Å². The molecule has 2 aromatic carbocycles. The average Bonchev–Trinajstić information content (AvgIpc) is 2.36. The summed E-state index contributed by atoms with van der Waals surface area (Å²) in [5.41, 5.74) is 2.17. The summed E-state index contributed by atoms with van der Waals surface area (Å²) >= 11 is 7.74. The standard InChI is InChI=1S/C14H10ClFINO/c1-8-4-9(14(19)13(17)5-8)7-18-10-2-3-12(16)11(15)6-10/h2-7,19H,1H3. The molecular formula is C14H10ClFINO. The first-order chi connectivity index (χ1) is 8.97. The van der Waals surface area contributed by atoms with Gasteiger partial charge >= 0.3 is 0 Å². The molecule has 98 valence electrons. The number of rotatable bonds is 2. The Morgan fingerprint density at radius 1 is 1.32 bits per heavy atom. The van der Waals surface area contributed by atoms with Crippen LogP contribution in [0.5, 0.6) is 5.75 Å². The van der Waals surface area contributed by atoms with Crippen LogP contribution in [0, 0.1) is 16.3 Å². The van der Waals surface area contributed by atoms with Gasteiger partial charge in [-0.2, -0.15) is 0 Å². The fourth-order valence-electron chi connectivity index (χ4n) is 1.57. The third-order valence-electron chi connectivity index (χ3n) is 2.49. The fraction of sp³-hybridized carbons (Fsp3) is 0.0714. The molecule has 2 rings (SSSR count). The van der Waals surface area contributed by atoms with Crippen molar-refractivity contribution < 1.29 is 9.50 Å². The van der Waals surface area contributed by atoms with Crippen molar-refractivity contribution in [1.29, 1.82) is 0 Å². The topological polar surface area (TPSA) is 32.6 Å². The van der Waals surface area contributed by atoms with E-state index < -0.39 is 5.82 Å². The van der Waals surface area contributed by atoms with Gasteiger partial charge < -0.3 is 5.11 Å². The SMILES string of the molecule is Cc1cc(I)c(O)c(C=Nc2ccc(F)c(Cl)c2)c1. The van der Waals surface area contributed by atoms with Gasteiger partial charge in [0.1, 0.15) is 11.6 Å². The van der Waals surface area contributed by atoms with Gasteiger partial charge in [0.05, 0.1) is 14.3 Å². The summed E-state index contributed by atoms with van der Waals surface area (Å²) in [4.78, 5) is 4.18. The summed E-state index contributed by atoms with van der Waals surface area (Å²) in [6.45, 7) is 1.94. The van der Waals surface area contributed by atoms with Crippen LogP contribution in [0.15, 0.2) is 35.3 Å². The summed E-state index contributed by atoms with van der Waals surface area (Å²) in [7, 11) is 0. The van der Waals surface area contributed by atoms with E-state index in [-0.39, 0.29) is 10.8 Å². The molecule has 1 N–H and O–H groups in total. The Balaban J connectivity index is 2.35. The van der Waals surface area contributed by atoms with Gasteiger partial charge in [-0.3, -0.25) is 4.99 Å². The average molecular weight is 390 g/mol. The van der Waals surface area contributed by atoms with Crippen molar-refractivity contribution in [3.05, 3.63) is 55.9 Å². The number of aryl methyl sites for hydroxylation is 1. The zero-order valence-corrected chi connectivity index (χ0v) is 12.9. The maximum absolute atomic E-state index is 13.0. The Kier molecular flexibility index (Phi) is 4.42. The molecule has 0 unspecified atom stereocenters. The molecule has 0 aliphatic heterocycles. The number of benzene rings is 2. The minimum Gasteiger partial charge on any atom is -0.506 e. The van der Waals surface area contributed by atoms with Gasteiger partial charge in [0.15, 0.2) is 0 Å². The smallest absolute Gasteiger partial charge is 0.141 e. The van der Waals surface area contributed by atoms with Crippen molar-refractivity contribution in [3.8, 4) is 5.75 Å². The monoisotopic (exact) mass is 389 g/mol. The number of nitrogens with zero attached hydrogens (tertiary/aromatic N) is 1. The summed E-state index contributed by atoms with van der Waals surface area (Å²) in [6, 6.07) is 7.92. The highest BCUT2D eigenvalue weighted by Crippen LogP contribution is 2.26. The van der Waals surface area contributed by atoms with Crippen LogP contribution >= 0.6 is 34.2 Å². The maximum atomic E-state index is 13.0. The van der Waals surface area contributed by atoms with E-state index in [0.29, 0.717) is 11.3 Å². The lowest BCUT2D eigenvalue weighted by atomic mass is 10.1. The Morgan fingerprint density at radius 3 is 2.74 bits per heavy atom. The quantitative estimate of drug-likeness (QED) is 0.578. The van der Waals surface area contributed by atoms with Gasteiger partial charge in [-0.1, -0.05) is 11.6 Å². The minimum absolute atomic E-state index is 0.0256. The second kappa shape index (κ2) is 5.88. The van der Waals surface area contributed by atoms with Crippen LogP contribution in [0.25, 0.3) is 0 Å². The molecule has 0 saturated carbocycles. The lowest BCUT2D eigenvalue weighted by Gasteiger charge is -2.03. The van der Waals surface area contributed by atoms with Gasteiger partial charge in [0, 0.05) is 11.8 Å². The summed E-state index contributed by atoms with van der Waals surface area (Å²) in [6.07, 6.45) is 1.54. The molecule has 19 heavy (non-hydrogen) atoms. The molecular weight excluding hydrogens is 380 g/mol. The van der Waals surface area contributed by atoms with Crippen molar-refractivity contribution in [1.82, 2.24) is 0 Å². The van der Waals surface area contributed by atoms with Crippen LogP contribution in [0.1, 0.15) is 11.1 Å². The van der Waals surface area contributed by atoms with E-state index >= 15 is 0 Å². The molecule has 0 radical (unpaired) electrons. The Hall–Kier alpha value is -1.14. The normalized spacial score (nSPS) is 11.2. The minimum atomic E-state index is -0.478. The molecule has 0 fully saturated rings. The number of phenolic OH excluding ortho intramolecular Hbond substituents is 1. The maximum Gasteiger partial charge on any atom is 0.141 e. The molecule has 0 saturated heterocycles. The second-order valence-corrected chi connectivity index (χ2v) is 5.61. The fourth-order valence-corrected chi connectivity index (χ4v) is 2.55. The predicted molar refractivity (Wildman–Crippen MR) is 84.2 cm³/mol. The first-order valence-electron chi connectivity index (χ1n) is 5.45. The van der Waals surface area contributed by atoms with Crippen molar-refractivity contribution >= 4 is 46.1 Å². The van der Waals surface area contributed by atoms with E-state index in [9.17, 15) is 9.50 Å². The van der Waals surface area contributed by atoms with Crippen LogP contribution in [-0.2, 0) is 0 Å². The first kappa shape index (κ1) is 14.3. The van der Waals surface area contributed by atoms with Gasteiger partial charge in [-0.25, -0.2) is 4.39 Å². The summed E-state index contributed by atoms with van der Waals surface area (Å²) in [5.74, 6) is -0.295. The third-order valence-corrected chi connectivity index (χ3v) is 3.61. The highest BCUT2D eigenvalue weighted by molar-refractivity contribution is 14.1. The van der Waals surface area contributed by atoms with E-state index in [1.807, 2.05) is 19.1 Å². The summed E-state index contributed by atoms with van der Waals surface area (Å²) < 4.78 is 13.8. The molecule has 0 aliphatic rings. The van der Waals surface area contributed by atoms with Crippen LogP contribution in [0.2, 0.25) is 5.02 Å². The van der Waals surface area contributed by atoms with Crippen LogP contribution in [-0.4, -0.2) is 11.3 Å². The highest BCUT2D eigenvalue weighted by atomic mass is 127. The molecule has 0 atom stereocenters. The molecule has 2 aromatic rings. The van der Waals surface area contributed by atoms with Crippen molar-refractivity contribution in [2.24, 2.45) is 4.99 Å². The number of aliphatic imine (C=N–C) groups is 1. The zero-order valence-electron chi connectivity index (χ0n) is 9.99. The van der Waals surface area contributed by atoms with Crippen molar-refractivity contribution in [2.75, 3.05) is 0 Å². The Bertz CT molecular complexity index is 658. The number of phenols is 1. The highest BCUT2D eigenvalue weighted by Gasteiger charge is 2.05. The number of hydrogen-bond acceptors (Lipinski definition) is 2.